The molecule has 0 fully saturated rings. The van der Waals surface area contributed by atoms with Crippen LogP contribution in [0.25, 0.3) is 0 Å². The van der Waals surface area contributed by atoms with Crippen LogP contribution in [-0.4, -0.2) is 11.1 Å². The molecule has 0 aromatic carbocycles. The Morgan fingerprint density at radius 2 is 2.27 bits per heavy atom. The van der Waals surface area contributed by atoms with Crippen molar-refractivity contribution in [3.05, 3.63) is 35.5 Å². The van der Waals surface area contributed by atoms with Crippen molar-refractivity contribution < 1.29 is 4.79 Å². The van der Waals surface area contributed by atoms with Crippen molar-refractivity contribution in [3.8, 4) is 0 Å². The smallest absolute Gasteiger partial charge is 0.169 e. The zero-order valence-corrected chi connectivity index (χ0v) is 10.5. The second-order valence-corrected chi connectivity index (χ2v) is 5.09. The molecule has 0 saturated heterocycles. The van der Waals surface area contributed by atoms with Gasteiger partial charge in [0.25, 0.3) is 0 Å². The first-order valence-corrected chi connectivity index (χ1v) is 6.45. The molecule has 15 heavy (non-hydrogen) atoms. The summed E-state index contributed by atoms with van der Waals surface area (Å²) in [6, 6.07) is 0. The maximum absolute atomic E-state index is 12.3. The van der Waals surface area contributed by atoms with E-state index in [0.717, 1.165) is 30.2 Å². The number of halogens is 1. The Bertz CT molecular complexity index is 376. The SMILES string of the molecule is CC1(CBr)CCC2=C(C=CC=CC2)C1=O. The summed E-state index contributed by atoms with van der Waals surface area (Å²) in [7, 11) is 0. The molecule has 0 heterocycles. The first-order valence-electron chi connectivity index (χ1n) is 5.33. The van der Waals surface area contributed by atoms with E-state index in [9.17, 15) is 4.79 Å². The van der Waals surface area contributed by atoms with Gasteiger partial charge in [0, 0.05) is 16.3 Å². The fourth-order valence-corrected chi connectivity index (χ4v) is 2.67. The van der Waals surface area contributed by atoms with Gasteiger partial charge in [-0.3, -0.25) is 4.79 Å². The molecule has 2 aliphatic rings. The van der Waals surface area contributed by atoms with Crippen molar-refractivity contribution in [2.24, 2.45) is 5.41 Å². The number of hydrogen-bond acceptors (Lipinski definition) is 1. The predicted octanol–water partition coefficient (Wildman–Crippen LogP) is 3.56. The quantitative estimate of drug-likeness (QED) is 0.664. The minimum Gasteiger partial charge on any atom is -0.294 e. The second kappa shape index (κ2) is 4.09. The Hall–Kier alpha value is -0.630. The minimum absolute atomic E-state index is 0.201. The Morgan fingerprint density at radius 3 is 3.00 bits per heavy atom. The van der Waals surface area contributed by atoms with Gasteiger partial charge < -0.3 is 0 Å². The standard InChI is InChI=1S/C13H15BrO/c1-13(9-14)8-7-10-5-3-2-4-6-11(10)12(13)15/h2-4,6H,5,7-9H2,1H3. The highest BCUT2D eigenvalue weighted by atomic mass is 79.9. The van der Waals surface area contributed by atoms with Gasteiger partial charge in [0.1, 0.15) is 0 Å². The monoisotopic (exact) mass is 266 g/mol. The van der Waals surface area contributed by atoms with E-state index < -0.39 is 0 Å². The molecule has 2 heteroatoms. The van der Waals surface area contributed by atoms with Crippen molar-refractivity contribution in [2.45, 2.75) is 26.2 Å². The van der Waals surface area contributed by atoms with E-state index in [1.165, 1.54) is 5.57 Å². The molecular weight excluding hydrogens is 252 g/mol. The molecule has 0 radical (unpaired) electrons. The summed E-state index contributed by atoms with van der Waals surface area (Å²) in [6.07, 6.45) is 11.1. The maximum Gasteiger partial charge on any atom is 0.169 e. The van der Waals surface area contributed by atoms with Gasteiger partial charge >= 0.3 is 0 Å². The number of alkyl halides is 1. The largest absolute Gasteiger partial charge is 0.294 e. The number of Topliss-reactive ketones (excluding diaryl/α,β-unsaturated/α-hetero) is 1. The van der Waals surface area contributed by atoms with E-state index >= 15 is 0 Å². The molecule has 0 aliphatic heterocycles. The molecule has 2 rings (SSSR count). The van der Waals surface area contributed by atoms with Crippen LogP contribution in [0.5, 0.6) is 0 Å². The van der Waals surface area contributed by atoms with Gasteiger partial charge in [0.15, 0.2) is 5.78 Å². The Morgan fingerprint density at radius 1 is 1.47 bits per heavy atom. The molecule has 1 atom stereocenters. The Balaban J connectivity index is 2.39. The van der Waals surface area contributed by atoms with Crippen LogP contribution in [0, 0.1) is 5.41 Å². The highest BCUT2D eigenvalue weighted by Crippen LogP contribution is 2.39. The summed E-state index contributed by atoms with van der Waals surface area (Å²) in [5.74, 6) is 0.306. The van der Waals surface area contributed by atoms with Crippen LogP contribution >= 0.6 is 15.9 Å². The zero-order valence-electron chi connectivity index (χ0n) is 8.92. The molecule has 0 aromatic heterocycles. The average molecular weight is 267 g/mol. The van der Waals surface area contributed by atoms with Crippen molar-refractivity contribution in [3.63, 3.8) is 0 Å². The van der Waals surface area contributed by atoms with Gasteiger partial charge in [-0.25, -0.2) is 0 Å². The highest BCUT2D eigenvalue weighted by Gasteiger charge is 2.37. The third kappa shape index (κ3) is 1.87. The second-order valence-electron chi connectivity index (χ2n) is 4.53. The lowest BCUT2D eigenvalue weighted by atomic mass is 9.72. The fraction of sp³-hybridized carbons (Fsp3) is 0.462. The third-order valence-corrected chi connectivity index (χ3v) is 4.56. The highest BCUT2D eigenvalue weighted by molar-refractivity contribution is 9.09. The summed E-state index contributed by atoms with van der Waals surface area (Å²) < 4.78 is 0. The number of carbonyl (C=O) groups excluding carboxylic acids is 1. The van der Waals surface area contributed by atoms with Crippen LogP contribution in [0.4, 0.5) is 0 Å². The molecule has 0 saturated carbocycles. The van der Waals surface area contributed by atoms with Crippen LogP contribution in [0.2, 0.25) is 0 Å². The van der Waals surface area contributed by atoms with Gasteiger partial charge in [0.2, 0.25) is 0 Å². The van der Waals surface area contributed by atoms with Gasteiger partial charge in [-0.15, -0.1) is 0 Å². The first-order chi connectivity index (χ1) is 7.17. The topological polar surface area (TPSA) is 17.1 Å². The van der Waals surface area contributed by atoms with Gasteiger partial charge in [-0.05, 0) is 19.3 Å². The number of ketones is 1. The minimum atomic E-state index is -0.201. The Kier molecular flexibility index (Phi) is 2.96. The van der Waals surface area contributed by atoms with Crippen LogP contribution in [0.1, 0.15) is 26.2 Å². The zero-order chi connectivity index (χ0) is 10.9. The summed E-state index contributed by atoms with van der Waals surface area (Å²) in [6.45, 7) is 2.06. The molecule has 0 N–H and O–H groups in total. The third-order valence-electron chi connectivity index (χ3n) is 3.32. The molecule has 1 nitrogen and oxygen atoms in total. The maximum atomic E-state index is 12.3. The molecule has 0 spiro atoms. The molecule has 0 aromatic rings. The normalized spacial score (nSPS) is 30.4. The average Bonchev–Trinajstić information content (AvgIpc) is 2.49. The number of carbonyl (C=O) groups is 1. The van der Waals surface area contributed by atoms with Crippen LogP contribution in [0.3, 0.4) is 0 Å². The van der Waals surface area contributed by atoms with Crippen molar-refractivity contribution >= 4 is 21.7 Å². The fourth-order valence-electron chi connectivity index (χ4n) is 2.13. The molecular formula is C13H15BrO. The van der Waals surface area contributed by atoms with E-state index in [0.29, 0.717) is 5.78 Å². The van der Waals surface area contributed by atoms with Crippen molar-refractivity contribution in [1.82, 2.24) is 0 Å². The first kappa shape index (κ1) is 10.9. The number of rotatable bonds is 1. The number of hydrogen-bond donors (Lipinski definition) is 0. The predicted molar refractivity (Wildman–Crippen MR) is 66.1 cm³/mol. The summed E-state index contributed by atoms with van der Waals surface area (Å²) in [5, 5.41) is 0.761. The molecule has 0 amide bonds. The van der Waals surface area contributed by atoms with E-state index in [-0.39, 0.29) is 5.41 Å². The number of allylic oxidation sites excluding steroid dienone is 6. The summed E-state index contributed by atoms with van der Waals surface area (Å²) in [4.78, 5) is 12.3. The van der Waals surface area contributed by atoms with E-state index in [1.54, 1.807) is 0 Å². The van der Waals surface area contributed by atoms with Crippen LogP contribution in [0.15, 0.2) is 35.5 Å². The van der Waals surface area contributed by atoms with Gasteiger partial charge in [0.05, 0.1) is 0 Å². The van der Waals surface area contributed by atoms with E-state index in [1.807, 2.05) is 18.2 Å². The lowest BCUT2D eigenvalue weighted by Crippen LogP contribution is -2.34. The lowest BCUT2D eigenvalue weighted by Gasteiger charge is -2.32. The van der Waals surface area contributed by atoms with Crippen LogP contribution < -0.4 is 0 Å². The molecule has 1 unspecified atom stereocenters. The molecule has 80 valence electrons. The molecule has 2 aliphatic carbocycles. The Labute approximate surface area is 99.1 Å². The van der Waals surface area contributed by atoms with E-state index in [2.05, 4.69) is 28.9 Å². The van der Waals surface area contributed by atoms with Gasteiger partial charge in [-0.1, -0.05) is 52.7 Å². The summed E-state index contributed by atoms with van der Waals surface area (Å²) in [5.41, 5.74) is 2.06. The van der Waals surface area contributed by atoms with Gasteiger partial charge in [-0.2, -0.15) is 0 Å². The summed E-state index contributed by atoms with van der Waals surface area (Å²) >= 11 is 3.46. The van der Waals surface area contributed by atoms with Crippen molar-refractivity contribution in [1.29, 1.82) is 0 Å². The molecule has 0 bridgehead atoms. The lowest BCUT2D eigenvalue weighted by molar-refractivity contribution is -0.123. The van der Waals surface area contributed by atoms with Crippen LogP contribution in [-0.2, 0) is 4.79 Å². The van der Waals surface area contributed by atoms with Crippen molar-refractivity contribution in [2.75, 3.05) is 5.33 Å². The van der Waals surface area contributed by atoms with E-state index in [4.69, 9.17) is 0 Å².